The number of amidine groups is 1. The Hall–Kier alpha value is -3.94. The highest BCUT2D eigenvalue weighted by Crippen LogP contribution is 2.41. The van der Waals surface area contributed by atoms with E-state index in [1.165, 1.54) is 12.1 Å². The molecule has 1 unspecified atom stereocenters. The minimum Gasteiger partial charge on any atom is -0.495 e. The highest BCUT2D eigenvalue weighted by molar-refractivity contribution is 6.06. The zero-order valence-electron chi connectivity index (χ0n) is 19.1. The van der Waals surface area contributed by atoms with Crippen LogP contribution in [0.2, 0.25) is 0 Å². The summed E-state index contributed by atoms with van der Waals surface area (Å²) >= 11 is 0. The van der Waals surface area contributed by atoms with Crippen molar-refractivity contribution in [3.8, 4) is 11.4 Å². The molecule has 0 bridgehead atoms. The van der Waals surface area contributed by atoms with E-state index in [0.717, 1.165) is 22.5 Å². The standard InChI is InChI=1S/C26H25FN4O3/c1-18-16-30(17-29-18)22-9-3-19(15-23(22)33-2)4-10-24-28-13-11-26(12-14-34-25(32)31(24)26)20-5-7-21(27)8-6-20/h3-10,15-17H,11-14H2,1-2H3. The van der Waals surface area contributed by atoms with Gasteiger partial charge in [-0.3, -0.25) is 9.89 Å². The Morgan fingerprint density at radius 3 is 2.71 bits per heavy atom. The number of ether oxygens (including phenoxy) is 2. The normalized spacial score (nSPS) is 20.1. The molecule has 1 saturated heterocycles. The molecule has 34 heavy (non-hydrogen) atoms. The lowest BCUT2D eigenvalue weighted by Crippen LogP contribution is -2.58. The second-order valence-corrected chi connectivity index (χ2v) is 8.42. The highest BCUT2D eigenvalue weighted by atomic mass is 19.1. The molecule has 1 amide bonds. The summed E-state index contributed by atoms with van der Waals surface area (Å²) in [6.07, 6.45) is 8.22. The van der Waals surface area contributed by atoms with Crippen molar-refractivity contribution in [3.05, 3.63) is 83.7 Å². The van der Waals surface area contributed by atoms with Crippen molar-refractivity contribution in [2.45, 2.75) is 25.3 Å². The van der Waals surface area contributed by atoms with Crippen molar-refractivity contribution >= 4 is 18.0 Å². The van der Waals surface area contributed by atoms with Gasteiger partial charge in [0.05, 0.1) is 37.0 Å². The number of benzene rings is 2. The number of rotatable bonds is 5. The smallest absolute Gasteiger partial charge is 0.416 e. The molecular formula is C26H25FN4O3. The molecule has 1 fully saturated rings. The molecule has 0 radical (unpaired) electrons. The van der Waals surface area contributed by atoms with E-state index in [4.69, 9.17) is 9.47 Å². The van der Waals surface area contributed by atoms with Crippen LogP contribution in [0.15, 0.2) is 66.1 Å². The zero-order valence-corrected chi connectivity index (χ0v) is 19.1. The number of hydrogen-bond acceptors (Lipinski definition) is 5. The zero-order chi connectivity index (χ0) is 23.7. The minimum atomic E-state index is -0.606. The SMILES string of the molecule is COc1cc(C=CC2=NCCC3(c4ccc(F)cc4)CCOC(=O)N23)ccc1-n1cnc(C)c1. The van der Waals surface area contributed by atoms with Gasteiger partial charge >= 0.3 is 6.09 Å². The van der Waals surface area contributed by atoms with Gasteiger partial charge in [0.25, 0.3) is 0 Å². The third kappa shape index (κ3) is 3.85. The lowest BCUT2D eigenvalue weighted by Gasteiger charge is -2.48. The molecule has 174 valence electrons. The molecule has 7 nitrogen and oxygen atoms in total. The van der Waals surface area contributed by atoms with E-state index in [0.29, 0.717) is 37.6 Å². The first-order valence-corrected chi connectivity index (χ1v) is 11.1. The van der Waals surface area contributed by atoms with Gasteiger partial charge in [-0.15, -0.1) is 0 Å². The molecular weight excluding hydrogens is 435 g/mol. The van der Waals surface area contributed by atoms with E-state index in [-0.39, 0.29) is 5.82 Å². The van der Waals surface area contributed by atoms with E-state index in [1.807, 2.05) is 48.0 Å². The number of methoxy groups -OCH3 is 1. The Kier molecular flexibility index (Phi) is 5.65. The lowest BCUT2D eigenvalue weighted by molar-refractivity contribution is 0.0217. The lowest BCUT2D eigenvalue weighted by atomic mass is 9.80. The summed E-state index contributed by atoms with van der Waals surface area (Å²) in [7, 11) is 1.63. The summed E-state index contributed by atoms with van der Waals surface area (Å²) in [4.78, 5) is 23.4. The Morgan fingerprint density at radius 2 is 1.97 bits per heavy atom. The number of carbonyl (C=O) groups excluding carboxylic acids is 1. The van der Waals surface area contributed by atoms with Gasteiger partial charge in [-0.2, -0.15) is 0 Å². The van der Waals surface area contributed by atoms with Gasteiger partial charge in [0.2, 0.25) is 0 Å². The number of fused-ring (bicyclic) bond motifs is 1. The maximum absolute atomic E-state index is 13.6. The van der Waals surface area contributed by atoms with Gasteiger partial charge in [0.1, 0.15) is 17.4 Å². The van der Waals surface area contributed by atoms with Crippen LogP contribution in [0.1, 0.15) is 29.7 Å². The molecule has 3 aromatic rings. The maximum Gasteiger partial charge on any atom is 0.416 e. The number of cyclic esters (lactones) is 1. The number of nitrogens with zero attached hydrogens (tertiary/aromatic N) is 4. The summed E-state index contributed by atoms with van der Waals surface area (Å²) in [5, 5.41) is 0. The predicted octanol–water partition coefficient (Wildman–Crippen LogP) is 4.88. The largest absolute Gasteiger partial charge is 0.495 e. The van der Waals surface area contributed by atoms with Crippen LogP contribution < -0.4 is 4.74 Å². The number of carbonyl (C=O) groups is 1. The number of aromatic nitrogens is 2. The Labute approximate surface area is 197 Å². The molecule has 0 aliphatic carbocycles. The number of aliphatic imine (C=N–C) groups is 1. The average Bonchev–Trinajstić information content (AvgIpc) is 3.28. The second kappa shape index (κ2) is 8.78. The number of amides is 1. The quantitative estimate of drug-likeness (QED) is 0.544. The van der Waals surface area contributed by atoms with Gasteiger partial charge in [-0.1, -0.05) is 24.3 Å². The third-order valence-electron chi connectivity index (χ3n) is 6.38. The van der Waals surface area contributed by atoms with Crippen LogP contribution in [0.3, 0.4) is 0 Å². The summed E-state index contributed by atoms with van der Waals surface area (Å²) < 4.78 is 26.5. The number of hydrogen-bond donors (Lipinski definition) is 0. The molecule has 3 heterocycles. The molecule has 2 aliphatic rings. The summed E-state index contributed by atoms with van der Waals surface area (Å²) in [6.45, 7) is 2.81. The first kappa shape index (κ1) is 21.9. The minimum absolute atomic E-state index is 0.307. The van der Waals surface area contributed by atoms with Crippen LogP contribution in [0, 0.1) is 12.7 Å². The first-order valence-electron chi connectivity index (χ1n) is 11.1. The number of imidazole rings is 1. The predicted molar refractivity (Wildman–Crippen MR) is 127 cm³/mol. The fourth-order valence-electron chi connectivity index (χ4n) is 4.67. The van der Waals surface area contributed by atoms with E-state index in [2.05, 4.69) is 9.98 Å². The molecule has 2 aliphatic heterocycles. The van der Waals surface area contributed by atoms with E-state index in [1.54, 1.807) is 30.5 Å². The van der Waals surface area contributed by atoms with Crippen molar-refractivity contribution in [1.82, 2.24) is 14.5 Å². The summed E-state index contributed by atoms with van der Waals surface area (Å²) in [5.41, 5.74) is 2.96. The van der Waals surface area contributed by atoms with Crippen LogP contribution in [0.5, 0.6) is 5.75 Å². The van der Waals surface area contributed by atoms with Gasteiger partial charge in [0, 0.05) is 19.2 Å². The van der Waals surface area contributed by atoms with Crippen LogP contribution >= 0.6 is 0 Å². The van der Waals surface area contributed by atoms with Gasteiger partial charge in [-0.05, 0) is 54.8 Å². The van der Waals surface area contributed by atoms with Gasteiger partial charge < -0.3 is 14.0 Å². The molecule has 5 rings (SSSR count). The highest BCUT2D eigenvalue weighted by Gasteiger charge is 2.48. The fraction of sp³-hybridized carbons (Fsp3) is 0.269. The Bertz CT molecular complexity index is 1280. The Morgan fingerprint density at radius 1 is 1.15 bits per heavy atom. The molecule has 1 atom stereocenters. The molecule has 1 aromatic heterocycles. The van der Waals surface area contributed by atoms with Crippen LogP contribution in [0.4, 0.5) is 9.18 Å². The molecule has 2 aromatic carbocycles. The van der Waals surface area contributed by atoms with E-state index >= 15 is 0 Å². The molecule has 8 heteroatoms. The van der Waals surface area contributed by atoms with Crippen molar-refractivity contribution in [1.29, 1.82) is 0 Å². The molecule has 0 saturated carbocycles. The van der Waals surface area contributed by atoms with Crippen molar-refractivity contribution in [2.75, 3.05) is 20.3 Å². The van der Waals surface area contributed by atoms with Gasteiger partial charge in [-0.25, -0.2) is 14.2 Å². The monoisotopic (exact) mass is 460 g/mol. The second-order valence-electron chi connectivity index (χ2n) is 8.42. The molecule has 0 spiro atoms. The number of aryl methyl sites for hydroxylation is 1. The summed E-state index contributed by atoms with van der Waals surface area (Å²) in [6, 6.07) is 12.2. The van der Waals surface area contributed by atoms with Crippen molar-refractivity contribution in [3.63, 3.8) is 0 Å². The topological polar surface area (TPSA) is 69.0 Å². The Balaban J connectivity index is 1.47. The third-order valence-corrected chi connectivity index (χ3v) is 6.38. The first-order chi connectivity index (χ1) is 16.5. The van der Waals surface area contributed by atoms with E-state index < -0.39 is 11.6 Å². The van der Waals surface area contributed by atoms with Gasteiger partial charge in [0.15, 0.2) is 0 Å². The summed E-state index contributed by atoms with van der Waals surface area (Å²) in [5.74, 6) is 0.912. The van der Waals surface area contributed by atoms with Crippen LogP contribution in [-0.4, -0.2) is 46.6 Å². The van der Waals surface area contributed by atoms with Crippen molar-refractivity contribution in [2.24, 2.45) is 4.99 Å². The maximum atomic E-state index is 13.6. The number of halogens is 1. The fourth-order valence-corrected chi connectivity index (χ4v) is 4.67. The average molecular weight is 461 g/mol. The van der Waals surface area contributed by atoms with Crippen LogP contribution in [0.25, 0.3) is 11.8 Å². The molecule has 0 N–H and O–H groups in total. The van der Waals surface area contributed by atoms with Crippen LogP contribution in [-0.2, 0) is 10.3 Å². The van der Waals surface area contributed by atoms with E-state index in [9.17, 15) is 9.18 Å². The van der Waals surface area contributed by atoms with Crippen molar-refractivity contribution < 1.29 is 18.7 Å².